The third kappa shape index (κ3) is 2.39. The Hall–Kier alpha value is -2.18. The summed E-state index contributed by atoms with van der Waals surface area (Å²) in [5.74, 6) is 1.09. The first kappa shape index (κ1) is 12.3. The molecule has 2 rings (SSSR count). The Morgan fingerprint density at radius 1 is 1.61 bits per heavy atom. The summed E-state index contributed by atoms with van der Waals surface area (Å²) < 4.78 is 4.99. The van der Waals surface area contributed by atoms with Gasteiger partial charge in [-0.3, -0.25) is 10.1 Å². The molecule has 0 aromatic carbocycles. The summed E-state index contributed by atoms with van der Waals surface area (Å²) in [7, 11) is 1.36. The smallest absolute Gasteiger partial charge is 0.372 e. The lowest BCUT2D eigenvalue weighted by atomic mass is 10.3. The third-order valence-electron chi connectivity index (χ3n) is 2.60. The van der Waals surface area contributed by atoms with E-state index in [9.17, 15) is 10.1 Å². The van der Waals surface area contributed by atoms with Gasteiger partial charge in [-0.15, -0.1) is 6.58 Å². The van der Waals surface area contributed by atoms with Gasteiger partial charge in [0.25, 0.3) is 5.88 Å². The molecule has 18 heavy (non-hydrogen) atoms. The molecule has 0 unspecified atom stereocenters. The van der Waals surface area contributed by atoms with Gasteiger partial charge in [0.05, 0.1) is 12.0 Å². The number of nitrogens with zero attached hydrogens (tertiary/aromatic N) is 3. The molecule has 0 bridgehead atoms. The quantitative estimate of drug-likeness (QED) is 0.471. The van der Waals surface area contributed by atoms with Crippen molar-refractivity contribution >= 4 is 11.5 Å². The predicted molar refractivity (Wildman–Crippen MR) is 65.9 cm³/mol. The van der Waals surface area contributed by atoms with Crippen LogP contribution >= 0.6 is 0 Å². The minimum atomic E-state index is -0.541. The van der Waals surface area contributed by atoms with Crippen molar-refractivity contribution in [2.24, 2.45) is 0 Å². The van der Waals surface area contributed by atoms with Crippen LogP contribution in [0.4, 0.5) is 11.5 Å². The topological polar surface area (TPSA) is 90.2 Å². The van der Waals surface area contributed by atoms with Crippen LogP contribution in [0.5, 0.6) is 5.88 Å². The number of rotatable bonds is 6. The SMILES string of the molecule is C=CCNc1nc(C2CC2)nc(OC)c1[N+](=O)[O-]. The molecule has 0 atom stereocenters. The maximum Gasteiger partial charge on any atom is 0.372 e. The number of anilines is 1. The van der Waals surface area contributed by atoms with Gasteiger partial charge < -0.3 is 10.1 Å². The zero-order chi connectivity index (χ0) is 13.1. The molecule has 1 aromatic heterocycles. The van der Waals surface area contributed by atoms with E-state index in [1.54, 1.807) is 6.08 Å². The summed E-state index contributed by atoms with van der Waals surface area (Å²) in [6.07, 6.45) is 3.64. The zero-order valence-electron chi connectivity index (χ0n) is 10.0. The molecule has 96 valence electrons. The lowest BCUT2D eigenvalue weighted by Gasteiger charge is -2.08. The summed E-state index contributed by atoms with van der Waals surface area (Å²) in [6.45, 7) is 3.95. The van der Waals surface area contributed by atoms with Crippen LogP contribution in [0.2, 0.25) is 0 Å². The average molecular weight is 250 g/mol. The van der Waals surface area contributed by atoms with E-state index in [1.807, 2.05) is 0 Å². The molecule has 1 heterocycles. The molecule has 1 aliphatic rings. The second-order valence-corrected chi connectivity index (χ2v) is 3.99. The Kier molecular flexibility index (Phi) is 3.40. The van der Waals surface area contributed by atoms with Crippen LogP contribution in [-0.2, 0) is 0 Å². The molecule has 0 amide bonds. The van der Waals surface area contributed by atoms with Crippen LogP contribution in [0.1, 0.15) is 24.6 Å². The lowest BCUT2D eigenvalue weighted by molar-refractivity contribution is -0.385. The van der Waals surface area contributed by atoms with Crippen LogP contribution in [0.25, 0.3) is 0 Å². The molecule has 1 saturated carbocycles. The molecule has 0 spiro atoms. The van der Waals surface area contributed by atoms with Crippen molar-refractivity contribution in [2.45, 2.75) is 18.8 Å². The molecule has 7 nitrogen and oxygen atoms in total. The standard InChI is InChI=1S/C11H14N4O3/c1-3-6-12-10-8(15(16)17)11(18-2)14-9(13-10)7-4-5-7/h3,7H,1,4-6H2,2H3,(H,12,13,14). The van der Waals surface area contributed by atoms with E-state index < -0.39 is 4.92 Å². The minimum absolute atomic E-state index is 0.00321. The first-order valence-electron chi connectivity index (χ1n) is 5.62. The highest BCUT2D eigenvalue weighted by molar-refractivity contribution is 5.62. The Bertz CT molecular complexity index is 485. The summed E-state index contributed by atoms with van der Waals surface area (Å²) in [6, 6.07) is 0. The van der Waals surface area contributed by atoms with Gasteiger partial charge in [0.15, 0.2) is 0 Å². The molecule has 0 radical (unpaired) electrons. The molecule has 1 N–H and O–H groups in total. The third-order valence-corrected chi connectivity index (χ3v) is 2.60. The van der Waals surface area contributed by atoms with Gasteiger partial charge in [0.1, 0.15) is 5.82 Å². The Labute approximate surface area is 104 Å². The van der Waals surface area contributed by atoms with Crippen LogP contribution in [0.15, 0.2) is 12.7 Å². The fraction of sp³-hybridized carbons (Fsp3) is 0.455. The van der Waals surface area contributed by atoms with Crippen molar-refractivity contribution in [1.82, 2.24) is 9.97 Å². The van der Waals surface area contributed by atoms with E-state index in [2.05, 4.69) is 21.9 Å². The highest BCUT2D eigenvalue weighted by Crippen LogP contribution is 2.41. The highest BCUT2D eigenvalue weighted by atomic mass is 16.6. The number of nitrogens with one attached hydrogen (secondary N) is 1. The number of ether oxygens (including phenoxy) is 1. The van der Waals surface area contributed by atoms with Gasteiger partial charge in [-0.05, 0) is 12.8 Å². The molecule has 0 aliphatic heterocycles. The maximum absolute atomic E-state index is 11.0. The van der Waals surface area contributed by atoms with Gasteiger partial charge in [-0.2, -0.15) is 4.98 Å². The van der Waals surface area contributed by atoms with Crippen LogP contribution in [0.3, 0.4) is 0 Å². The summed E-state index contributed by atoms with van der Waals surface area (Å²) in [4.78, 5) is 18.8. The second-order valence-electron chi connectivity index (χ2n) is 3.99. The number of hydrogen-bond donors (Lipinski definition) is 1. The number of nitro groups is 1. The highest BCUT2D eigenvalue weighted by Gasteiger charge is 2.32. The van der Waals surface area contributed by atoms with Crippen LogP contribution in [0, 0.1) is 10.1 Å². The van der Waals surface area contributed by atoms with E-state index in [0.717, 1.165) is 12.8 Å². The number of methoxy groups -OCH3 is 1. The number of hydrogen-bond acceptors (Lipinski definition) is 6. The van der Waals surface area contributed by atoms with Gasteiger partial charge >= 0.3 is 5.69 Å². The van der Waals surface area contributed by atoms with E-state index in [4.69, 9.17) is 4.74 Å². The number of aromatic nitrogens is 2. The molecule has 1 fully saturated rings. The Morgan fingerprint density at radius 2 is 2.33 bits per heavy atom. The molecular weight excluding hydrogens is 236 g/mol. The largest absolute Gasteiger partial charge is 0.476 e. The van der Waals surface area contributed by atoms with Gasteiger partial charge in [-0.25, -0.2) is 4.98 Å². The van der Waals surface area contributed by atoms with Crippen molar-refractivity contribution in [3.05, 3.63) is 28.6 Å². The molecule has 7 heteroatoms. The molecule has 1 aromatic rings. The fourth-order valence-electron chi connectivity index (χ4n) is 1.57. The van der Waals surface area contributed by atoms with Gasteiger partial charge in [-0.1, -0.05) is 6.08 Å². The second kappa shape index (κ2) is 4.99. The summed E-state index contributed by atoms with van der Waals surface area (Å²) in [5, 5.41) is 13.9. The van der Waals surface area contributed by atoms with Gasteiger partial charge in [0, 0.05) is 12.5 Å². The molecular formula is C11H14N4O3. The maximum atomic E-state index is 11.0. The van der Waals surface area contributed by atoms with Crippen molar-refractivity contribution in [2.75, 3.05) is 19.0 Å². The van der Waals surface area contributed by atoms with E-state index in [1.165, 1.54) is 7.11 Å². The van der Waals surface area contributed by atoms with Crippen molar-refractivity contribution < 1.29 is 9.66 Å². The minimum Gasteiger partial charge on any atom is -0.476 e. The predicted octanol–water partition coefficient (Wildman–Crippen LogP) is 1.87. The summed E-state index contributed by atoms with van der Waals surface area (Å²) >= 11 is 0. The van der Waals surface area contributed by atoms with Gasteiger partial charge in [0.2, 0.25) is 5.82 Å². The zero-order valence-corrected chi connectivity index (χ0v) is 10.0. The normalized spacial score (nSPS) is 14.1. The van der Waals surface area contributed by atoms with E-state index in [-0.39, 0.29) is 17.4 Å². The van der Waals surface area contributed by atoms with Crippen molar-refractivity contribution in [1.29, 1.82) is 0 Å². The first-order chi connectivity index (χ1) is 8.67. The van der Waals surface area contributed by atoms with Crippen molar-refractivity contribution in [3.8, 4) is 5.88 Å². The van der Waals surface area contributed by atoms with Crippen molar-refractivity contribution in [3.63, 3.8) is 0 Å². The lowest BCUT2D eigenvalue weighted by Crippen LogP contribution is -2.09. The first-order valence-corrected chi connectivity index (χ1v) is 5.62. The van der Waals surface area contributed by atoms with Crippen LogP contribution < -0.4 is 10.1 Å². The van der Waals surface area contributed by atoms with E-state index in [0.29, 0.717) is 18.3 Å². The van der Waals surface area contributed by atoms with Crippen LogP contribution in [-0.4, -0.2) is 28.5 Å². The van der Waals surface area contributed by atoms with E-state index >= 15 is 0 Å². The Balaban J connectivity index is 2.45. The summed E-state index contributed by atoms with van der Waals surface area (Å²) in [5.41, 5.74) is -0.233. The fourth-order valence-corrected chi connectivity index (χ4v) is 1.57. The molecule has 0 saturated heterocycles. The average Bonchev–Trinajstić information content (AvgIpc) is 3.18. The monoisotopic (exact) mass is 250 g/mol. The molecule has 1 aliphatic carbocycles. The Morgan fingerprint density at radius 3 is 2.83 bits per heavy atom.